The predicted octanol–water partition coefficient (Wildman–Crippen LogP) is 4.74. The summed E-state index contributed by atoms with van der Waals surface area (Å²) >= 11 is 6.20. The second kappa shape index (κ2) is 13.9. The molecule has 1 unspecified atom stereocenters. The number of rotatable bonds is 9. The Bertz CT molecular complexity index is 1530. The number of amidine groups is 1. The van der Waals surface area contributed by atoms with E-state index >= 15 is 0 Å². The first-order chi connectivity index (χ1) is 20.6. The molecule has 226 valence electrons. The molecule has 11 nitrogen and oxygen atoms in total. The quantitative estimate of drug-likeness (QED) is 0.253. The Hall–Kier alpha value is -4.84. The van der Waals surface area contributed by atoms with Crippen LogP contribution in [0.25, 0.3) is 0 Å². The Balaban J connectivity index is 1.61. The van der Waals surface area contributed by atoms with Crippen molar-refractivity contribution in [3.63, 3.8) is 0 Å². The third kappa shape index (κ3) is 7.72. The number of methoxy groups -OCH3 is 1. The fourth-order valence-corrected chi connectivity index (χ4v) is 4.79. The number of carbonyl (C=O) groups is 3. The van der Waals surface area contributed by atoms with Gasteiger partial charge in [0.05, 0.1) is 25.6 Å². The van der Waals surface area contributed by atoms with E-state index in [1.54, 1.807) is 25.1 Å². The number of carbonyl (C=O) groups excluding carboxylic acids is 2. The number of ether oxygens (including phenoxy) is 1. The molecule has 43 heavy (non-hydrogen) atoms. The Morgan fingerprint density at radius 3 is 2.58 bits per heavy atom. The molecule has 0 radical (unpaired) electrons. The molecule has 0 aliphatic carbocycles. The molecule has 1 fully saturated rings. The highest BCUT2D eigenvalue weighted by molar-refractivity contribution is 6.30. The van der Waals surface area contributed by atoms with Crippen LogP contribution in [0.15, 0.2) is 65.8 Å². The number of hydrogen-bond donors (Lipinski definition) is 4. The largest absolute Gasteiger partial charge is 0.507 e. The van der Waals surface area contributed by atoms with E-state index in [1.165, 1.54) is 49.6 Å². The van der Waals surface area contributed by atoms with E-state index < -0.39 is 41.4 Å². The van der Waals surface area contributed by atoms with Crippen molar-refractivity contribution in [2.24, 2.45) is 11.1 Å². The molecule has 13 heteroatoms. The number of urea groups is 1. The molecular formula is C30H30ClFN4O7. The van der Waals surface area contributed by atoms with Crippen LogP contribution in [0.5, 0.6) is 17.2 Å². The van der Waals surface area contributed by atoms with Gasteiger partial charge in [-0.3, -0.25) is 9.69 Å². The Morgan fingerprint density at radius 1 is 1.19 bits per heavy atom. The van der Waals surface area contributed by atoms with Gasteiger partial charge in [0, 0.05) is 11.6 Å². The van der Waals surface area contributed by atoms with Crippen molar-refractivity contribution in [1.29, 1.82) is 0 Å². The molecule has 1 aliphatic heterocycles. The van der Waals surface area contributed by atoms with E-state index in [2.05, 4.69) is 15.8 Å². The summed E-state index contributed by atoms with van der Waals surface area (Å²) in [6.07, 6.45) is 0.558. The number of carboxylic acid groups (broad SMARTS) is 1. The van der Waals surface area contributed by atoms with Crippen LogP contribution in [0.2, 0.25) is 5.02 Å². The minimum Gasteiger partial charge on any atom is -0.507 e. The number of carboxylic acids is 1. The zero-order valence-corrected chi connectivity index (χ0v) is 24.1. The molecule has 3 aromatic carbocycles. The summed E-state index contributed by atoms with van der Waals surface area (Å²) in [6.45, 7) is 1.62. The number of aromatic hydroxyl groups is 1. The average Bonchev–Trinajstić information content (AvgIpc) is 3.14. The van der Waals surface area contributed by atoms with Crippen LogP contribution in [0, 0.1) is 11.7 Å². The number of imide groups is 1. The molecule has 0 saturated carbocycles. The van der Waals surface area contributed by atoms with Crippen LogP contribution < -0.4 is 20.2 Å². The molecule has 0 bridgehead atoms. The van der Waals surface area contributed by atoms with Crippen molar-refractivity contribution >= 4 is 35.3 Å². The van der Waals surface area contributed by atoms with E-state index in [0.29, 0.717) is 28.3 Å². The number of nitrogens with zero attached hydrogens (tertiary/aromatic N) is 2. The standard InChI is InChI=1S/C30H30ClFN4O7/c1-3-24(17-4-10-23(29(39)40)25(37)14-17)34-30(41)36-16-27(35-43-22-8-6-21(32)7-9-22)33-15-19(28(36)38)12-18-13-20(31)5-11-26(18)42-2/h4-11,13-14,19,24,37H,3,12,15-16H2,1-2H3,(H,33,35)(H,34,41)(H,39,40)/t19-,24?/m1/s1. The normalized spacial score (nSPS) is 16.7. The summed E-state index contributed by atoms with van der Waals surface area (Å²) in [6, 6.07) is 12.8. The minimum atomic E-state index is -1.29. The van der Waals surface area contributed by atoms with Crippen LogP contribution in [0.4, 0.5) is 9.18 Å². The van der Waals surface area contributed by atoms with Gasteiger partial charge in [-0.05, 0) is 78.6 Å². The fourth-order valence-electron chi connectivity index (χ4n) is 4.59. The van der Waals surface area contributed by atoms with Crippen LogP contribution in [0.1, 0.15) is 40.9 Å². The van der Waals surface area contributed by atoms with Gasteiger partial charge in [-0.15, -0.1) is 0 Å². The molecule has 2 atom stereocenters. The third-order valence-electron chi connectivity index (χ3n) is 6.86. The van der Waals surface area contributed by atoms with Gasteiger partial charge >= 0.3 is 12.0 Å². The van der Waals surface area contributed by atoms with Crippen molar-refractivity contribution in [1.82, 2.24) is 15.5 Å². The lowest BCUT2D eigenvalue weighted by Crippen LogP contribution is -2.48. The SMILES string of the molecule is CCC(NC(=O)N1C/C(=N/Oc2ccc(F)cc2)NC[C@@H](Cc2cc(Cl)ccc2OC)C1=O)c1ccc(C(=O)O)c(O)c1. The summed E-state index contributed by atoms with van der Waals surface area (Å²) in [7, 11) is 1.50. The molecule has 3 aromatic rings. The summed E-state index contributed by atoms with van der Waals surface area (Å²) in [5, 5.41) is 29.8. The number of benzene rings is 3. The van der Waals surface area contributed by atoms with E-state index in [4.69, 9.17) is 21.2 Å². The Morgan fingerprint density at radius 2 is 1.93 bits per heavy atom. The van der Waals surface area contributed by atoms with Crippen molar-refractivity contribution in [3.05, 3.63) is 88.2 Å². The van der Waals surface area contributed by atoms with Crippen LogP contribution >= 0.6 is 11.6 Å². The van der Waals surface area contributed by atoms with Gasteiger partial charge in [-0.25, -0.2) is 14.0 Å². The van der Waals surface area contributed by atoms with Crippen molar-refractivity contribution in [2.45, 2.75) is 25.8 Å². The van der Waals surface area contributed by atoms with Gasteiger partial charge in [0.15, 0.2) is 11.6 Å². The lowest BCUT2D eigenvalue weighted by atomic mass is 9.97. The first-order valence-electron chi connectivity index (χ1n) is 13.3. The van der Waals surface area contributed by atoms with Gasteiger partial charge < -0.3 is 30.4 Å². The monoisotopic (exact) mass is 612 g/mol. The van der Waals surface area contributed by atoms with Crippen LogP contribution in [-0.4, -0.2) is 59.1 Å². The molecule has 1 heterocycles. The molecule has 1 aliphatic rings. The molecule has 3 amide bonds. The minimum absolute atomic E-state index is 0.103. The first-order valence-corrected chi connectivity index (χ1v) is 13.7. The fraction of sp³-hybridized carbons (Fsp3) is 0.267. The lowest BCUT2D eigenvalue weighted by Gasteiger charge is -2.26. The van der Waals surface area contributed by atoms with Crippen LogP contribution in [0.3, 0.4) is 0 Å². The van der Waals surface area contributed by atoms with Crippen LogP contribution in [-0.2, 0) is 11.2 Å². The molecule has 4 rings (SSSR count). The van der Waals surface area contributed by atoms with Gasteiger partial charge in [0.2, 0.25) is 5.91 Å². The molecule has 0 spiro atoms. The molecular weight excluding hydrogens is 583 g/mol. The maximum atomic E-state index is 13.8. The number of amides is 3. The van der Waals surface area contributed by atoms with E-state index in [0.717, 1.165) is 4.90 Å². The van der Waals surface area contributed by atoms with Gasteiger partial charge in [0.1, 0.15) is 22.9 Å². The number of oxime groups is 1. The molecule has 4 N–H and O–H groups in total. The van der Waals surface area contributed by atoms with E-state index in [1.807, 2.05) is 0 Å². The zero-order valence-electron chi connectivity index (χ0n) is 23.3. The van der Waals surface area contributed by atoms with E-state index in [9.17, 15) is 29.0 Å². The predicted molar refractivity (Wildman–Crippen MR) is 156 cm³/mol. The third-order valence-corrected chi connectivity index (χ3v) is 7.10. The summed E-state index contributed by atoms with van der Waals surface area (Å²) in [5.41, 5.74) is 0.839. The Labute approximate surface area is 251 Å². The van der Waals surface area contributed by atoms with Crippen molar-refractivity contribution in [3.8, 4) is 17.2 Å². The highest BCUT2D eigenvalue weighted by Gasteiger charge is 2.35. The Kier molecular flexibility index (Phi) is 10.0. The highest BCUT2D eigenvalue weighted by Crippen LogP contribution is 2.28. The van der Waals surface area contributed by atoms with E-state index in [-0.39, 0.29) is 36.7 Å². The molecule has 0 aromatic heterocycles. The molecule has 1 saturated heterocycles. The zero-order chi connectivity index (χ0) is 31.1. The number of nitrogens with one attached hydrogen (secondary N) is 2. The topological polar surface area (TPSA) is 150 Å². The maximum absolute atomic E-state index is 13.8. The highest BCUT2D eigenvalue weighted by atomic mass is 35.5. The number of halogens is 2. The average molecular weight is 613 g/mol. The smallest absolute Gasteiger partial charge is 0.339 e. The summed E-state index contributed by atoms with van der Waals surface area (Å²) in [5.74, 6) is -2.48. The van der Waals surface area contributed by atoms with Gasteiger partial charge in [-0.1, -0.05) is 29.7 Å². The number of aromatic carboxylic acids is 1. The number of hydrogen-bond acceptors (Lipinski definition) is 7. The summed E-state index contributed by atoms with van der Waals surface area (Å²) in [4.78, 5) is 45.2. The maximum Gasteiger partial charge on any atom is 0.339 e. The van der Waals surface area contributed by atoms with Crippen molar-refractivity contribution in [2.75, 3.05) is 20.2 Å². The second-order valence-electron chi connectivity index (χ2n) is 9.74. The van der Waals surface area contributed by atoms with Gasteiger partial charge in [-0.2, -0.15) is 0 Å². The number of phenols is 1. The van der Waals surface area contributed by atoms with Crippen molar-refractivity contribution < 1.29 is 38.6 Å². The summed E-state index contributed by atoms with van der Waals surface area (Å²) < 4.78 is 18.7. The first kappa shape index (κ1) is 31.1. The second-order valence-corrected chi connectivity index (χ2v) is 10.2. The van der Waals surface area contributed by atoms with Gasteiger partial charge in [0.25, 0.3) is 0 Å². The lowest BCUT2D eigenvalue weighted by molar-refractivity contribution is -0.131.